The number of nitrogens with one attached hydrogen (secondary N) is 1. The van der Waals surface area contributed by atoms with Crippen molar-refractivity contribution in [1.82, 2.24) is 9.88 Å². The maximum atomic E-state index is 12.5. The van der Waals surface area contributed by atoms with Crippen molar-refractivity contribution in [3.63, 3.8) is 0 Å². The van der Waals surface area contributed by atoms with Crippen molar-refractivity contribution in [2.75, 3.05) is 18.9 Å². The van der Waals surface area contributed by atoms with Crippen LogP contribution in [0.4, 0.5) is 5.69 Å². The Bertz CT molecular complexity index is 1030. The van der Waals surface area contributed by atoms with E-state index in [9.17, 15) is 9.59 Å². The highest BCUT2D eigenvalue weighted by Crippen LogP contribution is 2.25. The Balaban J connectivity index is 1.54. The molecule has 1 N–H and O–H groups in total. The minimum absolute atomic E-state index is 0.0603. The first-order chi connectivity index (χ1) is 13.8. The molecule has 0 saturated heterocycles. The van der Waals surface area contributed by atoms with E-state index in [0.29, 0.717) is 15.7 Å². The third-order valence-corrected chi connectivity index (χ3v) is 5.75. The van der Waals surface area contributed by atoms with Gasteiger partial charge in [0.2, 0.25) is 11.8 Å². The van der Waals surface area contributed by atoms with Crippen LogP contribution in [0.1, 0.15) is 10.6 Å². The van der Waals surface area contributed by atoms with Gasteiger partial charge < -0.3 is 10.2 Å². The number of halogens is 2. The highest BCUT2D eigenvalue weighted by Gasteiger charge is 2.14. The molecule has 0 atom stereocenters. The van der Waals surface area contributed by atoms with Gasteiger partial charge in [0.15, 0.2) is 0 Å². The van der Waals surface area contributed by atoms with Crippen molar-refractivity contribution in [1.29, 1.82) is 0 Å². The van der Waals surface area contributed by atoms with Crippen molar-refractivity contribution in [3.8, 4) is 11.3 Å². The number of thiazole rings is 1. The minimum Gasteiger partial charge on any atom is -0.336 e. The first-order valence-electron chi connectivity index (χ1n) is 8.82. The lowest BCUT2D eigenvalue weighted by Gasteiger charge is -2.17. The van der Waals surface area contributed by atoms with E-state index >= 15 is 0 Å². The topological polar surface area (TPSA) is 62.3 Å². The van der Waals surface area contributed by atoms with Gasteiger partial charge in [0.05, 0.1) is 33.7 Å². The number of carbonyl (C=O) groups excluding carboxylic acids is 2. The molecule has 3 rings (SSSR count). The zero-order valence-corrected chi connectivity index (χ0v) is 18.2. The molecule has 0 saturated carbocycles. The van der Waals surface area contributed by atoms with Gasteiger partial charge in [0.1, 0.15) is 0 Å². The molecule has 2 aromatic carbocycles. The second kappa shape index (κ2) is 9.39. The second-order valence-electron chi connectivity index (χ2n) is 6.55. The molecule has 0 fully saturated rings. The van der Waals surface area contributed by atoms with Gasteiger partial charge in [0.25, 0.3) is 0 Å². The number of anilines is 1. The summed E-state index contributed by atoms with van der Waals surface area (Å²) in [5.41, 5.74) is 3.35. The minimum atomic E-state index is -0.312. The molecule has 1 aromatic heterocycles. The summed E-state index contributed by atoms with van der Waals surface area (Å²) in [5, 5.41) is 6.49. The van der Waals surface area contributed by atoms with E-state index < -0.39 is 0 Å². The van der Waals surface area contributed by atoms with Crippen LogP contribution in [-0.2, 0) is 16.0 Å². The number of aryl methyl sites for hydroxylation is 1. The molecule has 150 valence electrons. The van der Waals surface area contributed by atoms with E-state index in [-0.39, 0.29) is 24.8 Å². The van der Waals surface area contributed by atoms with E-state index in [4.69, 9.17) is 23.2 Å². The fourth-order valence-corrected chi connectivity index (χ4v) is 3.60. The van der Waals surface area contributed by atoms with E-state index in [0.717, 1.165) is 21.8 Å². The van der Waals surface area contributed by atoms with E-state index in [1.54, 1.807) is 36.6 Å². The quantitative estimate of drug-likeness (QED) is 0.573. The van der Waals surface area contributed by atoms with Crippen LogP contribution in [0.15, 0.2) is 47.8 Å². The average molecular weight is 448 g/mol. The maximum absolute atomic E-state index is 12.5. The molecular formula is C21H19Cl2N3O2S. The van der Waals surface area contributed by atoms with Gasteiger partial charge in [-0.3, -0.25) is 9.59 Å². The zero-order valence-electron chi connectivity index (χ0n) is 15.9. The summed E-state index contributed by atoms with van der Waals surface area (Å²) in [6.07, 6.45) is 0.215. The van der Waals surface area contributed by atoms with E-state index in [1.165, 1.54) is 4.90 Å². The first-order valence-corrected chi connectivity index (χ1v) is 10.5. The normalized spacial score (nSPS) is 10.6. The highest BCUT2D eigenvalue weighted by atomic mass is 35.5. The van der Waals surface area contributed by atoms with Gasteiger partial charge in [0, 0.05) is 23.7 Å². The zero-order chi connectivity index (χ0) is 21.0. The number of hydrogen-bond acceptors (Lipinski definition) is 4. The van der Waals surface area contributed by atoms with Gasteiger partial charge in [-0.2, -0.15) is 0 Å². The van der Waals surface area contributed by atoms with Gasteiger partial charge in [-0.25, -0.2) is 4.98 Å². The van der Waals surface area contributed by atoms with Crippen LogP contribution in [0.25, 0.3) is 11.3 Å². The molecule has 29 heavy (non-hydrogen) atoms. The average Bonchev–Trinajstić information content (AvgIpc) is 3.11. The standard InChI is InChI=1S/C21H19Cl2N3O2S/c1-13-24-19(12-29-13)15-5-3-14(4-6-15)9-21(28)26(2)11-20(27)25-16-7-8-17(22)18(23)10-16/h3-8,10,12H,9,11H2,1-2H3,(H,25,27). The van der Waals surface area contributed by atoms with Gasteiger partial charge in [-0.1, -0.05) is 47.5 Å². The van der Waals surface area contributed by atoms with Crippen LogP contribution in [0.5, 0.6) is 0 Å². The SMILES string of the molecule is Cc1nc(-c2ccc(CC(=O)N(C)CC(=O)Nc3ccc(Cl)c(Cl)c3)cc2)cs1. The molecule has 8 heteroatoms. The molecule has 0 spiro atoms. The summed E-state index contributed by atoms with van der Waals surface area (Å²) in [5.74, 6) is -0.458. The smallest absolute Gasteiger partial charge is 0.243 e. The Morgan fingerprint density at radius 3 is 2.45 bits per heavy atom. The Labute approximate surface area is 183 Å². The van der Waals surface area contributed by atoms with Crippen LogP contribution >= 0.6 is 34.5 Å². The van der Waals surface area contributed by atoms with Crippen molar-refractivity contribution in [2.24, 2.45) is 0 Å². The molecule has 1 heterocycles. The Kier molecular flexibility index (Phi) is 6.90. The molecule has 3 aromatic rings. The van der Waals surface area contributed by atoms with E-state index in [2.05, 4.69) is 10.3 Å². The predicted octanol–water partition coefficient (Wildman–Crippen LogP) is 5.06. The second-order valence-corrected chi connectivity index (χ2v) is 8.43. The Morgan fingerprint density at radius 2 is 1.83 bits per heavy atom. The summed E-state index contributed by atoms with van der Waals surface area (Å²) in [7, 11) is 1.60. The van der Waals surface area contributed by atoms with Crippen LogP contribution in [0.2, 0.25) is 10.0 Å². The van der Waals surface area contributed by atoms with E-state index in [1.807, 2.05) is 36.6 Å². The number of likely N-dealkylation sites (N-methyl/N-ethyl adjacent to an activating group) is 1. The predicted molar refractivity (Wildman–Crippen MR) is 119 cm³/mol. The van der Waals surface area contributed by atoms with Crippen molar-refractivity contribution in [2.45, 2.75) is 13.3 Å². The molecule has 0 aliphatic carbocycles. The van der Waals surface area contributed by atoms with Crippen LogP contribution in [0, 0.1) is 6.92 Å². The molecule has 0 bridgehead atoms. The summed E-state index contributed by atoms with van der Waals surface area (Å²) in [6, 6.07) is 12.5. The van der Waals surface area contributed by atoms with Crippen molar-refractivity contribution in [3.05, 3.63) is 68.5 Å². The van der Waals surface area contributed by atoms with Crippen molar-refractivity contribution >= 4 is 52.0 Å². The molecular weight excluding hydrogens is 429 g/mol. The van der Waals surface area contributed by atoms with Crippen LogP contribution in [-0.4, -0.2) is 35.3 Å². The maximum Gasteiger partial charge on any atom is 0.243 e. The summed E-state index contributed by atoms with van der Waals surface area (Å²) >= 11 is 13.4. The molecule has 0 aliphatic heterocycles. The monoisotopic (exact) mass is 447 g/mol. The van der Waals surface area contributed by atoms with Gasteiger partial charge in [-0.05, 0) is 30.7 Å². The summed E-state index contributed by atoms with van der Waals surface area (Å²) in [6.45, 7) is 1.91. The number of hydrogen-bond donors (Lipinski definition) is 1. The molecule has 0 aliphatic rings. The number of amides is 2. The third-order valence-electron chi connectivity index (χ3n) is 4.23. The third kappa shape index (κ3) is 5.79. The molecule has 2 amide bonds. The first kappa shape index (κ1) is 21.3. The van der Waals surface area contributed by atoms with Crippen molar-refractivity contribution < 1.29 is 9.59 Å². The van der Waals surface area contributed by atoms with Gasteiger partial charge >= 0.3 is 0 Å². The fraction of sp³-hybridized carbons (Fsp3) is 0.190. The highest BCUT2D eigenvalue weighted by molar-refractivity contribution is 7.09. The number of nitrogens with zero attached hydrogens (tertiary/aromatic N) is 2. The van der Waals surface area contributed by atoms with Crippen LogP contribution < -0.4 is 5.32 Å². The fourth-order valence-electron chi connectivity index (χ4n) is 2.68. The summed E-state index contributed by atoms with van der Waals surface area (Å²) < 4.78 is 0. The number of aromatic nitrogens is 1. The number of carbonyl (C=O) groups is 2. The molecule has 0 unspecified atom stereocenters. The van der Waals surface area contributed by atoms with Crippen LogP contribution in [0.3, 0.4) is 0 Å². The Hall–Kier alpha value is -2.41. The Morgan fingerprint density at radius 1 is 1.10 bits per heavy atom. The molecule has 5 nitrogen and oxygen atoms in total. The lowest BCUT2D eigenvalue weighted by Crippen LogP contribution is -2.35. The molecule has 0 radical (unpaired) electrons. The number of rotatable bonds is 6. The summed E-state index contributed by atoms with van der Waals surface area (Å²) in [4.78, 5) is 30.5. The van der Waals surface area contributed by atoms with Gasteiger partial charge in [-0.15, -0.1) is 11.3 Å². The lowest BCUT2D eigenvalue weighted by molar-refractivity contribution is -0.132. The largest absolute Gasteiger partial charge is 0.336 e. The number of benzene rings is 2. The lowest BCUT2D eigenvalue weighted by atomic mass is 10.1.